The number of carbonyl (C=O) groups excluding carboxylic acids is 2. The van der Waals surface area contributed by atoms with Crippen molar-refractivity contribution < 1.29 is 9.59 Å². The minimum absolute atomic E-state index is 0.0413. The number of carbonyl (C=O) groups is 2. The van der Waals surface area contributed by atoms with Crippen molar-refractivity contribution in [2.45, 2.75) is 69.4 Å². The largest absolute Gasteiger partial charge is 0.353 e. The number of hydrogen-bond donors (Lipinski definition) is 2. The van der Waals surface area contributed by atoms with Gasteiger partial charge in [0.1, 0.15) is 5.54 Å². The van der Waals surface area contributed by atoms with Gasteiger partial charge in [-0.2, -0.15) is 5.10 Å². The highest BCUT2D eigenvalue weighted by Crippen LogP contribution is 2.31. The molecule has 1 aromatic rings. The Labute approximate surface area is 167 Å². The average Bonchev–Trinajstić information content (AvgIpc) is 3.30. The van der Waals surface area contributed by atoms with E-state index >= 15 is 0 Å². The van der Waals surface area contributed by atoms with E-state index in [0.29, 0.717) is 19.1 Å². The molecule has 0 spiro atoms. The number of amides is 2. The second-order valence-corrected chi connectivity index (χ2v) is 8.64. The van der Waals surface area contributed by atoms with Crippen molar-refractivity contribution in [1.82, 2.24) is 25.3 Å². The summed E-state index contributed by atoms with van der Waals surface area (Å²) in [6.45, 7) is 2.98. The van der Waals surface area contributed by atoms with Gasteiger partial charge < -0.3 is 15.5 Å². The van der Waals surface area contributed by atoms with Crippen molar-refractivity contribution in [2.75, 3.05) is 26.2 Å². The standard InChI is InChI=1S/C21H33N5O2/c27-19(24-18-5-2-1-3-6-18)17-7-15-25(16-8-17)20(28)21(9-12-22-13-10-21)26-14-4-11-23-26/h4,11,14,17-18,22H,1-3,5-10,12-13,15-16H2,(H,24,27). The Morgan fingerprint density at radius 2 is 1.75 bits per heavy atom. The topological polar surface area (TPSA) is 79.3 Å². The molecule has 1 aromatic heterocycles. The maximum Gasteiger partial charge on any atom is 0.250 e. The lowest BCUT2D eigenvalue weighted by Crippen LogP contribution is -2.57. The summed E-state index contributed by atoms with van der Waals surface area (Å²) in [7, 11) is 0. The lowest BCUT2D eigenvalue weighted by atomic mass is 9.85. The molecule has 3 aliphatic rings. The van der Waals surface area contributed by atoms with Crippen LogP contribution in [0.1, 0.15) is 57.8 Å². The van der Waals surface area contributed by atoms with Crippen LogP contribution in [0.25, 0.3) is 0 Å². The quantitative estimate of drug-likeness (QED) is 0.823. The lowest BCUT2D eigenvalue weighted by Gasteiger charge is -2.42. The third kappa shape index (κ3) is 3.95. The summed E-state index contributed by atoms with van der Waals surface area (Å²) in [5.74, 6) is 0.408. The Morgan fingerprint density at radius 1 is 1.04 bits per heavy atom. The zero-order valence-electron chi connectivity index (χ0n) is 16.7. The molecule has 0 unspecified atom stereocenters. The molecule has 3 fully saturated rings. The molecule has 0 radical (unpaired) electrons. The second-order valence-electron chi connectivity index (χ2n) is 8.64. The first-order chi connectivity index (χ1) is 13.7. The maximum absolute atomic E-state index is 13.5. The molecule has 1 saturated carbocycles. The molecule has 28 heavy (non-hydrogen) atoms. The van der Waals surface area contributed by atoms with Gasteiger partial charge in [0.05, 0.1) is 0 Å². The van der Waals surface area contributed by atoms with E-state index in [1.165, 1.54) is 19.3 Å². The average molecular weight is 388 g/mol. The number of piperidine rings is 2. The number of rotatable bonds is 4. The maximum atomic E-state index is 13.5. The van der Waals surface area contributed by atoms with Crippen molar-refractivity contribution in [3.05, 3.63) is 18.5 Å². The van der Waals surface area contributed by atoms with Gasteiger partial charge in [0.2, 0.25) is 5.91 Å². The molecule has 2 N–H and O–H groups in total. The fraction of sp³-hybridized carbons (Fsp3) is 0.762. The van der Waals surface area contributed by atoms with E-state index in [9.17, 15) is 9.59 Å². The van der Waals surface area contributed by atoms with Crippen LogP contribution in [0.4, 0.5) is 0 Å². The molecule has 0 bridgehead atoms. The van der Waals surface area contributed by atoms with Gasteiger partial charge in [0.25, 0.3) is 5.91 Å². The van der Waals surface area contributed by atoms with Crippen LogP contribution in [0.15, 0.2) is 18.5 Å². The molecule has 2 aliphatic heterocycles. The van der Waals surface area contributed by atoms with E-state index in [4.69, 9.17) is 0 Å². The Kier molecular flexibility index (Phi) is 5.99. The van der Waals surface area contributed by atoms with Crippen LogP contribution in [-0.4, -0.2) is 58.7 Å². The zero-order valence-corrected chi connectivity index (χ0v) is 16.7. The normalized spacial score (nSPS) is 24.1. The van der Waals surface area contributed by atoms with Crippen LogP contribution in [0.5, 0.6) is 0 Å². The molecule has 0 atom stereocenters. The van der Waals surface area contributed by atoms with Crippen LogP contribution in [0.3, 0.4) is 0 Å². The van der Waals surface area contributed by atoms with Gasteiger partial charge in [0.15, 0.2) is 0 Å². The van der Waals surface area contributed by atoms with Gasteiger partial charge in [-0.15, -0.1) is 0 Å². The van der Waals surface area contributed by atoms with E-state index in [2.05, 4.69) is 15.7 Å². The van der Waals surface area contributed by atoms with E-state index in [0.717, 1.165) is 51.6 Å². The summed E-state index contributed by atoms with van der Waals surface area (Å²) < 4.78 is 1.86. The van der Waals surface area contributed by atoms with Gasteiger partial charge in [-0.3, -0.25) is 14.3 Å². The first kappa shape index (κ1) is 19.4. The second kappa shape index (κ2) is 8.64. The summed E-state index contributed by atoms with van der Waals surface area (Å²) in [6.07, 6.45) is 12.7. The number of likely N-dealkylation sites (tertiary alicyclic amines) is 1. The Hall–Kier alpha value is -1.89. The first-order valence-electron chi connectivity index (χ1n) is 11.0. The van der Waals surface area contributed by atoms with Gasteiger partial charge in [-0.1, -0.05) is 19.3 Å². The van der Waals surface area contributed by atoms with Crippen LogP contribution < -0.4 is 10.6 Å². The van der Waals surface area contributed by atoms with Gasteiger partial charge >= 0.3 is 0 Å². The minimum Gasteiger partial charge on any atom is -0.353 e. The molecule has 2 saturated heterocycles. The highest BCUT2D eigenvalue weighted by Gasteiger charge is 2.45. The predicted molar refractivity (Wildman–Crippen MR) is 107 cm³/mol. The van der Waals surface area contributed by atoms with Crippen LogP contribution >= 0.6 is 0 Å². The summed E-state index contributed by atoms with van der Waals surface area (Å²) >= 11 is 0. The minimum atomic E-state index is -0.577. The number of nitrogens with one attached hydrogen (secondary N) is 2. The number of nitrogens with zero attached hydrogens (tertiary/aromatic N) is 3. The van der Waals surface area contributed by atoms with E-state index in [1.54, 1.807) is 6.20 Å². The molecule has 1 aliphatic carbocycles. The molecule has 7 nitrogen and oxygen atoms in total. The lowest BCUT2D eigenvalue weighted by molar-refractivity contribution is -0.146. The zero-order chi connectivity index (χ0) is 19.4. The number of aromatic nitrogens is 2. The molecule has 0 aromatic carbocycles. The monoisotopic (exact) mass is 387 g/mol. The first-order valence-corrected chi connectivity index (χ1v) is 11.0. The van der Waals surface area contributed by atoms with Crippen molar-refractivity contribution in [1.29, 1.82) is 0 Å². The molecular formula is C21H33N5O2. The van der Waals surface area contributed by atoms with E-state index < -0.39 is 5.54 Å². The molecule has 3 heterocycles. The van der Waals surface area contributed by atoms with Crippen molar-refractivity contribution >= 4 is 11.8 Å². The van der Waals surface area contributed by atoms with E-state index in [1.807, 2.05) is 21.8 Å². The highest BCUT2D eigenvalue weighted by atomic mass is 16.2. The molecule has 154 valence electrons. The summed E-state index contributed by atoms with van der Waals surface area (Å²) in [6, 6.07) is 2.25. The number of hydrogen-bond acceptors (Lipinski definition) is 4. The summed E-state index contributed by atoms with van der Waals surface area (Å²) in [4.78, 5) is 28.1. The fourth-order valence-electron chi connectivity index (χ4n) is 5.11. The SMILES string of the molecule is O=C(NC1CCCCC1)C1CCN(C(=O)C2(n3cccn3)CCNCC2)CC1. The third-order valence-electron chi connectivity index (χ3n) is 6.88. The van der Waals surface area contributed by atoms with Crippen LogP contribution in [-0.2, 0) is 15.1 Å². The smallest absolute Gasteiger partial charge is 0.250 e. The van der Waals surface area contributed by atoms with Gasteiger partial charge in [-0.05, 0) is 57.7 Å². The Bertz CT molecular complexity index is 654. The third-order valence-corrected chi connectivity index (χ3v) is 6.88. The van der Waals surface area contributed by atoms with Crippen molar-refractivity contribution in [3.63, 3.8) is 0 Å². The Balaban J connectivity index is 1.36. The molecule has 7 heteroatoms. The summed E-state index contributed by atoms with van der Waals surface area (Å²) in [5, 5.41) is 11.0. The van der Waals surface area contributed by atoms with Crippen molar-refractivity contribution in [3.8, 4) is 0 Å². The van der Waals surface area contributed by atoms with Crippen LogP contribution in [0.2, 0.25) is 0 Å². The van der Waals surface area contributed by atoms with Crippen LogP contribution in [0, 0.1) is 5.92 Å². The highest BCUT2D eigenvalue weighted by molar-refractivity contribution is 5.85. The van der Waals surface area contributed by atoms with Gasteiger partial charge in [-0.25, -0.2) is 0 Å². The Morgan fingerprint density at radius 3 is 2.39 bits per heavy atom. The van der Waals surface area contributed by atoms with E-state index in [-0.39, 0.29) is 17.7 Å². The fourth-order valence-corrected chi connectivity index (χ4v) is 5.11. The molecule has 4 rings (SSSR count). The van der Waals surface area contributed by atoms with Gasteiger partial charge in [0, 0.05) is 37.4 Å². The molecular weight excluding hydrogens is 354 g/mol. The van der Waals surface area contributed by atoms with Crippen molar-refractivity contribution in [2.24, 2.45) is 5.92 Å². The predicted octanol–water partition coefficient (Wildman–Crippen LogP) is 1.65. The molecule has 2 amide bonds. The summed E-state index contributed by atoms with van der Waals surface area (Å²) in [5.41, 5.74) is -0.577.